The van der Waals surface area contributed by atoms with Crippen molar-refractivity contribution in [2.24, 2.45) is 0 Å². The van der Waals surface area contributed by atoms with Crippen molar-refractivity contribution in [2.45, 2.75) is 24.9 Å². The number of sulfonamides is 1. The summed E-state index contributed by atoms with van der Waals surface area (Å²) in [5.74, 6) is 0. The standard InChI is InChI=1S/C9H11N3O2S/c1-7(2)12-15(13,14)9-8(6-10)4-3-5-11-9/h3-5,7,12H,1-2H3. The van der Waals surface area contributed by atoms with Gasteiger partial charge in [-0.15, -0.1) is 0 Å². The second-order valence-corrected chi connectivity index (χ2v) is 4.87. The summed E-state index contributed by atoms with van der Waals surface area (Å²) in [4.78, 5) is 3.70. The Morgan fingerprint density at radius 1 is 1.53 bits per heavy atom. The Kier molecular flexibility index (Phi) is 3.39. The average molecular weight is 225 g/mol. The minimum Gasteiger partial charge on any atom is -0.242 e. The molecule has 0 atom stereocenters. The molecule has 1 aromatic rings. The second kappa shape index (κ2) is 4.38. The van der Waals surface area contributed by atoms with Gasteiger partial charge >= 0.3 is 0 Å². The van der Waals surface area contributed by atoms with Gasteiger partial charge in [-0.3, -0.25) is 0 Å². The molecule has 80 valence electrons. The number of aromatic nitrogens is 1. The molecule has 0 spiro atoms. The van der Waals surface area contributed by atoms with E-state index in [-0.39, 0.29) is 16.6 Å². The monoisotopic (exact) mass is 225 g/mol. The molecule has 15 heavy (non-hydrogen) atoms. The van der Waals surface area contributed by atoms with Crippen molar-refractivity contribution in [3.63, 3.8) is 0 Å². The van der Waals surface area contributed by atoms with Crippen molar-refractivity contribution < 1.29 is 8.42 Å². The van der Waals surface area contributed by atoms with Crippen LogP contribution in [0.4, 0.5) is 0 Å². The van der Waals surface area contributed by atoms with Crippen LogP contribution in [0.15, 0.2) is 23.4 Å². The number of hydrogen-bond acceptors (Lipinski definition) is 4. The Labute approximate surface area is 88.8 Å². The number of nitriles is 1. The van der Waals surface area contributed by atoms with E-state index < -0.39 is 10.0 Å². The van der Waals surface area contributed by atoms with Gasteiger partial charge < -0.3 is 0 Å². The molecule has 0 radical (unpaired) electrons. The van der Waals surface area contributed by atoms with Crippen LogP contribution in [0.25, 0.3) is 0 Å². The lowest BCUT2D eigenvalue weighted by Gasteiger charge is -2.09. The van der Waals surface area contributed by atoms with Crippen LogP contribution in [0.3, 0.4) is 0 Å². The van der Waals surface area contributed by atoms with Crippen molar-refractivity contribution >= 4 is 10.0 Å². The molecule has 0 bridgehead atoms. The average Bonchev–Trinajstić information content (AvgIpc) is 2.16. The van der Waals surface area contributed by atoms with Crippen molar-refractivity contribution in [3.8, 4) is 6.07 Å². The number of nitrogens with one attached hydrogen (secondary N) is 1. The fraction of sp³-hybridized carbons (Fsp3) is 0.333. The summed E-state index contributed by atoms with van der Waals surface area (Å²) >= 11 is 0. The highest BCUT2D eigenvalue weighted by Gasteiger charge is 2.20. The molecule has 6 heteroatoms. The van der Waals surface area contributed by atoms with E-state index in [1.165, 1.54) is 18.3 Å². The molecule has 0 aromatic carbocycles. The molecule has 0 unspecified atom stereocenters. The topological polar surface area (TPSA) is 82.8 Å². The zero-order valence-electron chi connectivity index (χ0n) is 8.43. The molecule has 5 nitrogen and oxygen atoms in total. The van der Waals surface area contributed by atoms with Crippen LogP contribution in [-0.2, 0) is 10.0 Å². The Bertz CT molecular complexity index is 488. The van der Waals surface area contributed by atoms with Gasteiger partial charge in [-0.05, 0) is 26.0 Å². The maximum Gasteiger partial charge on any atom is 0.259 e. The van der Waals surface area contributed by atoms with Crippen LogP contribution in [0.5, 0.6) is 0 Å². The van der Waals surface area contributed by atoms with Crippen LogP contribution < -0.4 is 4.72 Å². The molecule has 1 rings (SSSR count). The Balaban J connectivity index is 3.23. The summed E-state index contributed by atoms with van der Waals surface area (Å²) in [5.41, 5.74) is 0.0469. The van der Waals surface area contributed by atoms with Gasteiger partial charge in [0.25, 0.3) is 10.0 Å². The first kappa shape index (κ1) is 11.6. The predicted octanol–water partition coefficient (Wildman–Crippen LogP) is 0.640. The summed E-state index contributed by atoms with van der Waals surface area (Å²) in [6, 6.07) is 4.50. The molecule has 0 aliphatic heterocycles. The van der Waals surface area contributed by atoms with E-state index in [2.05, 4.69) is 9.71 Å². The van der Waals surface area contributed by atoms with E-state index in [4.69, 9.17) is 5.26 Å². The van der Waals surface area contributed by atoms with Crippen molar-refractivity contribution in [2.75, 3.05) is 0 Å². The van der Waals surface area contributed by atoms with Crippen LogP contribution in [0, 0.1) is 11.3 Å². The first-order valence-electron chi connectivity index (χ1n) is 4.35. The first-order valence-corrected chi connectivity index (χ1v) is 5.83. The molecule has 1 N–H and O–H groups in total. The smallest absolute Gasteiger partial charge is 0.242 e. The van der Waals surface area contributed by atoms with Gasteiger partial charge in [0.2, 0.25) is 0 Å². The highest BCUT2D eigenvalue weighted by atomic mass is 32.2. The maximum atomic E-state index is 11.7. The minimum atomic E-state index is -3.69. The van der Waals surface area contributed by atoms with Crippen molar-refractivity contribution in [1.29, 1.82) is 5.26 Å². The quantitative estimate of drug-likeness (QED) is 0.818. The summed E-state index contributed by atoms with van der Waals surface area (Å²) in [7, 11) is -3.69. The van der Waals surface area contributed by atoms with Gasteiger partial charge in [-0.1, -0.05) is 0 Å². The second-order valence-electron chi connectivity index (χ2n) is 3.24. The molecule has 0 aliphatic carbocycles. The molecule has 0 fully saturated rings. The Hall–Kier alpha value is -1.45. The fourth-order valence-electron chi connectivity index (χ4n) is 1.06. The Morgan fingerprint density at radius 3 is 2.73 bits per heavy atom. The molecular weight excluding hydrogens is 214 g/mol. The van der Waals surface area contributed by atoms with Gasteiger partial charge in [0.1, 0.15) is 6.07 Å². The van der Waals surface area contributed by atoms with E-state index in [0.29, 0.717) is 0 Å². The molecule has 0 aliphatic rings. The zero-order chi connectivity index (χ0) is 11.5. The third kappa shape index (κ3) is 2.75. The molecular formula is C9H11N3O2S. The van der Waals surface area contributed by atoms with Crippen molar-refractivity contribution in [1.82, 2.24) is 9.71 Å². The van der Waals surface area contributed by atoms with E-state index in [1.807, 2.05) is 0 Å². The molecule has 0 saturated carbocycles. The predicted molar refractivity (Wildman–Crippen MR) is 54.4 cm³/mol. The lowest BCUT2D eigenvalue weighted by Crippen LogP contribution is -2.31. The summed E-state index contributed by atoms with van der Waals surface area (Å²) in [6.45, 7) is 3.40. The molecule has 0 saturated heterocycles. The summed E-state index contributed by atoms with van der Waals surface area (Å²) in [6.07, 6.45) is 1.34. The van der Waals surface area contributed by atoms with Gasteiger partial charge in [0, 0.05) is 12.2 Å². The van der Waals surface area contributed by atoms with Gasteiger partial charge in [0.15, 0.2) is 5.03 Å². The normalized spacial score (nSPS) is 11.3. The number of hydrogen-bond donors (Lipinski definition) is 1. The third-order valence-corrected chi connectivity index (χ3v) is 3.15. The fourth-order valence-corrected chi connectivity index (χ4v) is 2.39. The first-order chi connectivity index (χ1) is 6.97. The van der Waals surface area contributed by atoms with Crippen LogP contribution in [0.1, 0.15) is 19.4 Å². The molecule has 0 amide bonds. The van der Waals surface area contributed by atoms with Crippen LogP contribution in [0.2, 0.25) is 0 Å². The SMILES string of the molecule is CC(C)NS(=O)(=O)c1ncccc1C#N. The number of rotatable bonds is 3. The largest absolute Gasteiger partial charge is 0.259 e. The summed E-state index contributed by atoms with van der Waals surface area (Å²) in [5, 5.41) is 8.51. The van der Waals surface area contributed by atoms with E-state index in [1.54, 1.807) is 19.9 Å². The molecule has 1 aromatic heterocycles. The van der Waals surface area contributed by atoms with Gasteiger partial charge in [-0.25, -0.2) is 18.1 Å². The van der Waals surface area contributed by atoms with E-state index >= 15 is 0 Å². The summed E-state index contributed by atoms with van der Waals surface area (Å²) < 4.78 is 25.8. The number of pyridine rings is 1. The van der Waals surface area contributed by atoms with Gasteiger partial charge in [0.05, 0.1) is 5.56 Å². The lowest BCUT2D eigenvalue weighted by atomic mass is 10.3. The molecule has 1 heterocycles. The Morgan fingerprint density at radius 2 is 2.20 bits per heavy atom. The highest BCUT2D eigenvalue weighted by molar-refractivity contribution is 7.89. The third-order valence-electron chi connectivity index (χ3n) is 1.54. The lowest BCUT2D eigenvalue weighted by molar-refractivity contribution is 0.565. The van der Waals surface area contributed by atoms with E-state index in [0.717, 1.165) is 0 Å². The highest BCUT2D eigenvalue weighted by Crippen LogP contribution is 2.10. The number of nitrogens with zero attached hydrogens (tertiary/aromatic N) is 2. The maximum absolute atomic E-state index is 11.7. The van der Waals surface area contributed by atoms with Crippen LogP contribution in [-0.4, -0.2) is 19.4 Å². The van der Waals surface area contributed by atoms with Crippen LogP contribution >= 0.6 is 0 Å². The van der Waals surface area contributed by atoms with E-state index in [9.17, 15) is 8.42 Å². The van der Waals surface area contributed by atoms with Crippen molar-refractivity contribution in [3.05, 3.63) is 23.9 Å². The van der Waals surface area contributed by atoms with Gasteiger partial charge in [-0.2, -0.15) is 5.26 Å². The minimum absolute atomic E-state index is 0.0469. The zero-order valence-corrected chi connectivity index (χ0v) is 9.25.